The Morgan fingerprint density at radius 2 is 2.11 bits per heavy atom. The highest BCUT2D eigenvalue weighted by molar-refractivity contribution is 5.53. The van der Waals surface area contributed by atoms with Crippen molar-refractivity contribution >= 4 is 0 Å². The first-order valence-electron chi connectivity index (χ1n) is 6.51. The summed E-state index contributed by atoms with van der Waals surface area (Å²) in [4.78, 5) is 0. The fourth-order valence-electron chi connectivity index (χ4n) is 2.87. The molecule has 4 heteroatoms. The van der Waals surface area contributed by atoms with E-state index in [0.717, 1.165) is 37.4 Å². The summed E-state index contributed by atoms with van der Waals surface area (Å²) < 4.78 is 16.5. The van der Waals surface area contributed by atoms with Crippen LogP contribution in [0.5, 0.6) is 11.5 Å². The molecule has 98 valence electrons. The molecule has 2 heterocycles. The number of benzene rings is 1. The highest BCUT2D eigenvalue weighted by atomic mass is 16.7. The van der Waals surface area contributed by atoms with Crippen molar-refractivity contribution in [3.05, 3.63) is 23.3 Å². The quantitative estimate of drug-likeness (QED) is 0.889. The highest BCUT2D eigenvalue weighted by Gasteiger charge is 2.27. The lowest BCUT2D eigenvalue weighted by Crippen LogP contribution is -2.27. The molecule has 0 amide bonds. The zero-order valence-corrected chi connectivity index (χ0v) is 10.7. The van der Waals surface area contributed by atoms with Crippen molar-refractivity contribution in [2.45, 2.75) is 25.4 Å². The number of fused-ring (bicyclic) bond motifs is 1. The van der Waals surface area contributed by atoms with Gasteiger partial charge in [0.1, 0.15) is 0 Å². The summed E-state index contributed by atoms with van der Waals surface area (Å²) in [6.07, 6.45) is 2.30. The van der Waals surface area contributed by atoms with Gasteiger partial charge in [-0.2, -0.15) is 0 Å². The van der Waals surface area contributed by atoms with E-state index in [2.05, 4.69) is 11.4 Å². The second kappa shape index (κ2) is 5.16. The summed E-state index contributed by atoms with van der Waals surface area (Å²) in [6, 6.07) is 4.09. The minimum absolute atomic E-state index is 0.337. The Hall–Kier alpha value is -1.26. The van der Waals surface area contributed by atoms with Gasteiger partial charge >= 0.3 is 0 Å². The van der Waals surface area contributed by atoms with Crippen LogP contribution in [0.2, 0.25) is 0 Å². The summed E-state index contributed by atoms with van der Waals surface area (Å²) >= 11 is 0. The smallest absolute Gasteiger partial charge is 0.231 e. The van der Waals surface area contributed by atoms with Crippen LogP contribution in [0.25, 0.3) is 0 Å². The molecule has 1 N–H and O–H groups in total. The van der Waals surface area contributed by atoms with E-state index in [0.29, 0.717) is 19.3 Å². The molecule has 18 heavy (non-hydrogen) atoms. The monoisotopic (exact) mass is 249 g/mol. The molecule has 2 aliphatic heterocycles. The minimum Gasteiger partial charge on any atom is -0.454 e. The van der Waals surface area contributed by atoms with E-state index in [1.807, 2.05) is 6.07 Å². The van der Waals surface area contributed by atoms with Crippen LogP contribution in [-0.2, 0) is 11.3 Å². The predicted octanol–water partition coefficient (Wildman–Crippen LogP) is 2.03. The third-order valence-corrected chi connectivity index (χ3v) is 3.72. The van der Waals surface area contributed by atoms with E-state index < -0.39 is 0 Å². The van der Waals surface area contributed by atoms with Gasteiger partial charge in [-0.25, -0.2) is 0 Å². The third kappa shape index (κ3) is 2.06. The van der Waals surface area contributed by atoms with Crippen molar-refractivity contribution in [1.82, 2.24) is 5.32 Å². The van der Waals surface area contributed by atoms with Crippen LogP contribution in [0.4, 0.5) is 0 Å². The second-order valence-electron chi connectivity index (χ2n) is 4.83. The average Bonchev–Trinajstić information content (AvgIpc) is 2.88. The fraction of sp³-hybridized carbons (Fsp3) is 0.571. The predicted molar refractivity (Wildman–Crippen MR) is 68.1 cm³/mol. The summed E-state index contributed by atoms with van der Waals surface area (Å²) in [6.45, 7) is 3.11. The Morgan fingerprint density at radius 1 is 1.28 bits per heavy atom. The molecule has 1 aromatic rings. The number of nitrogens with one attached hydrogen (secondary N) is 1. The summed E-state index contributed by atoms with van der Waals surface area (Å²) in [5.41, 5.74) is 2.53. The molecule has 0 bridgehead atoms. The lowest BCUT2D eigenvalue weighted by molar-refractivity contribution is 0.171. The maximum absolute atomic E-state index is 5.67. The van der Waals surface area contributed by atoms with Crippen LogP contribution in [0.3, 0.4) is 0 Å². The molecule has 0 spiro atoms. The third-order valence-electron chi connectivity index (χ3n) is 3.72. The molecule has 0 radical (unpaired) electrons. The van der Waals surface area contributed by atoms with Crippen LogP contribution in [0.15, 0.2) is 12.1 Å². The first kappa shape index (κ1) is 11.8. The molecule has 4 nitrogen and oxygen atoms in total. The van der Waals surface area contributed by atoms with Crippen molar-refractivity contribution in [2.24, 2.45) is 0 Å². The molecule has 2 aliphatic rings. The molecule has 0 aliphatic carbocycles. The van der Waals surface area contributed by atoms with E-state index in [9.17, 15) is 0 Å². The van der Waals surface area contributed by atoms with Crippen LogP contribution in [0, 0.1) is 0 Å². The molecular weight excluding hydrogens is 230 g/mol. The second-order valence-corrected chi connectivity index (χ2v) is 4.83. The first-order chi connectivity index (χ1) is 8.90. The van der Waals surface area contributed by atoms with E-state index >= 15 is 0 Å². The summed E-state index contributed by atoms with van der Waals surface area (Å²) in [7, 11) is 1.73. The summed E-state index contributed by atoms with van der Waals surface area (Å²) in [5.74, 6) is 2.37. The number of hydrogen-bond donors (Lipinski definition) is 1. The molecule has 1 aromatic carbocycles. The fourth-order valence-corrected chi connectivity index (χ4v) is 2.87. The Morgan fingerprint density at radius 3 is 2.89 bits per heavy atom. The summed E-state index contributed by atoms with van der Waals surface area (Å²) in [5, 5.41) is 3.40. The number of piperidine rings is 1. The van der Waals surface area contributed by atoms with Gasteiger partial charge in [-0.05, 0) is 43.5 Å². The Balaban J connectivity index is 2.00. The largest absolute Gasteiger partial charge is 0.454 e. The van der Waals surface area contributed by atoms with Gasteiger partial charge < -0.3 is 19.5 Å². The number of ether oxygens (including phenoxy) is 3. The number of rotatable bonds is 3. The lowest BCUT2D eigenvalue weighted by atomic mass is 9.86. The van der Waals surface area contributed by atoms with Gasteiger partial charge in [0.2, 0.25) is 6.79 Å². The van der Waals surface area contributed by atoms with E-state index in [1.165, 1.54) is 11.1 Å². The zero-order valence-electron chi connectivity index (χ0n) is 10.7. The van der Waals surface area contributed by atoms with E-state index in [1.54, 1.807) is 7.11 Å². The van der Waals surface area contributed by atoms with Crippen molar-refractivity contribution < 1.29 is 14.2 Å². The highest BCUT2D eigenvalue weighted by Crippen LogP contribution is 2.44. The van der Waals surface area contributed by atoms with Crippen LogP contribution < -0.4 is 14.8 Å². The van der Waals surface area contributed by atoms with Gasteiger partial charge in [0.15, 0.2) is 11.5 Å². The maximum atomic E-state index is 5.67. The average molecular weight is 249 g/mol. The first-order valence-corrected chi connectivity index (χ1v) is 6.51. The molecule has 3 rings (SSSR count). The van der Waals surface area contributed by atoms with Crippen molar-refractivity contribution in [3.63, 3.8) is 0 Å². The van der Waals surface area contributed by atoms with Gasteiger partial charge in [0.05, 0.1) is 6.61 Å². The van der Waals surface area contributed by atoms with Gasteiger partial charge in [-0.3, -0.25) is 0 Å². The molecule has 0 atom stereocenters. The van der Waals surface area contributed by atoms with Crippen molar-refractivity contribution in [1.29, 1.82) is 0 Å². The van der Waals surface area contributed by atoms with Gasteiger partial charge in [-0.15, -0.1) is 0 Å². The maximum Gasteiger partial charge on any atom is 0.231 e. The number of methoxy groups -OCH3 is 1. The molecule has 0 unspecified atom stereocenters. The van der Waals surface area contributed by atoms with Crippen molar-refractivity contribution in [3.8, 4) is 11.5 Å². The van der Waals surface area contributed by atoms with Gasteiger partial charge in [0, 0.05) is 12.7 Å². The van der Waals surface area contributed by atoms with Crippen molar-refractivity contribution in [2.75, 3.05) is 27.0 Å². The number of hydrogen-bond acceptors (Lipinski definition) is 4. The molecule has 0 saturated carbocycles. The van der Waals surface area contributed by atoms with Crippen LogP contribution >= 0.6 is 0 Å². The normalized spacial score (nSPS) is 19.2. The minimum atomic E-state index is 0.337. The SMILES string of the molecule is COCc1ccc2c(c1C1CCNCC1)OCO2. The Labute approximate surface area is 107 Å². The molecule has 1 fully saturated rings. The Kier molecular flexibility index (Phi) is 3.39. The lowest BCUT2D eigenvalue weighted by Gasteiger charge is -2.26. The van der Waals surface area contributed by atoms with Crippen LogP contribution in [0.1, 0.15) is 29.9 Å². The Bertz CT molecular complexity index is 427. The standard InChI is InChI=1S/C14H19NO3/c1-16-8-11-2-3-12-14(18-9-17-12)13(11)10-4-6-15-7-5-10/h2-3,10,15H,4-9H2,1H3. The molecule has 0 aromatic heterocycles. The van der Waals surface area contributed by atoms with Gasteiger partial charge in [-0.1, -0.05) is 6.07 Å². The van der Waals surface area contributed by atoms with E-state index in [4.69, 9.17) is 14.2 Å². The molecular formula is C14H19NO3. The van der Waals surface area contributed by atoms with Crippen LogP contribution in [-0.4, -0.2) is 27.0 Å². The van der Waals surface area contributed by atoms with Gasteiger partial charge in [0.25, 0.3) is 0 Å². The zero-order chi connectivity index (χ0) is 12.4. The molecule has 1 saturated heterocycles. The van der Waals surface area contributed by atoms with E-state index in [-0.39, 0.29) is 0 Å². The topological polar surface area (TPSA) is 39.7 Å².